The van der Waals surface area contributed by atoms with Gasteiger partial charge in [-0.1, -0.05) is 176 Å². The number of hydrogen-bond donors (Lipinski definition) is 0. The minimum absolute atomic E-state index is 0.0272. The van der Waals surface area contributed by atoms with Crippen molar-refractivity contribution in [3.05, 3.63) is 321 Å². The Labute approximate surface area is 510 Å². The predicted octanol–water partition coefficient (Wildman–Crippen LogP) is 17.9. The SMILES string of the molecule is C1=C2B3c4ccccc4Oc4cc(N(c5ccccc5)c5ccccc5)cc(c43)N(c3cccc4c3c3ccccc3n4-c3ccccc3)C2=CC2Sc3cc(N(c4ccccc4)c4ccccc4)cc4c3B(c3ccccc3N4c3ccccc3)C12. The maximum Gasteiger partial charge on any atom is 0.255 e. The van der Waals surface area contributed by atoms with Gasteiger partial charge in [-0.3, -0.25) is 0 Å². The van der Waals surface area contributed by atoms with Gasteiger partial charge in [0.1, 0.15) is 11.5 Å². The number of nitrogens with zero attached hydrogens (tertiary/aromatic N) is 5. The molecular formula is C78H53B2N5OS. The van der Waals surface area contributed by atoms with Crippen molar-refractivity contribution in [2.24, 2.45) is 0 Å². The van der Waals surface area contributed by atoms with Crippen molar-refractivity contribution in [2.45, 2.75) is 16.0 Å². The van der Waals surface area contributed by atoms with E-state index in [1.807, 2.05) is 11.8 Å². The number of thioether (sulfide) groups is 1. The summed E-state index contributed by atoms with van der Waals surface area (Å²) >= 11 is 2.02. The predicted molar refractivity (Wildman–Crippen MR) is 366 cm³/mol. The zero-order chi connectivity index (χ0) is 57.1. The van der Waals surface area contributed by atoms with Crippen molar-refractivity contribution in [3.63, 3.8) is 0 Å². The van der Waals surface area contributed by atoms with E-state index < -0.39 is 0 Å². The number of benzene rings is 12. The van der Waals surface area contributed by atoms with Gasteiger partial charge in [-0.2, -0.15) is 0 Å². The Morgan fingerprint density at radius 2 is 0.897 bits per heavy atom. The largest absolute Gasteiger partial charge is 0.458 e. The first kappa shape index (κ1) is 49.8. The fourth-order valence-electron chi connectivity index (χ4n) is 14.9. The van der Waals surface area contributed by atoms with Crippen LogP contribution in [0.2, 0.25) is 5.82 Å². The highest BCUT2D eigenvalue weighted by Crippen LogP contribution is 2.56. The van der Waals surface area contributed by atoms with Gasteiger partial charge in [-0.25, -0.2) is 0 Å². The second-order valence-corrected chi connectivity index (χ2v) is 24.3. The molecule has 0 spiro atoms. The lowest BCUT2D eigenvalue weighted by Crippen LogP contribution is -2.59. The van der Waals surface area contributed by atoms with Crippen LogP contribution in [0.5, 0.6) is 11.5 Å². The van der Waals surface area contributed by atoms with Crippen LogP contribution in [0.15, 0.2) is 325 Å². The summed E-state index contributed by atoms with van der Waals surface area (Å²) < 4.78 is 9.81. The summed E-state index contributed by atoms with van der Waals surface area (Å²) in [6.07, 6.45) is 5.40. The molecule has 2 atom stereocenters. The third kappa shape index (κ3) is 7.79. The molecule has 2 unspecified atom stereocenters. The molecule has 0 saturated carbocycles. The maximum absolute atomic E-state index is 7.37. The molecule has 18 rings (SSSR count). The van der Waals surface area contributed by atoms with Crippen LogP contribution in [-0.4, -0.2) is 23.2 Å². The number of allylic oxidation sites excluding steroid dienone is 2. The van der Waals surface area contributed by atoms with Gasteiger partial charge in [0.2, 0.25) is 6.71 Å². The summed E-state index contributed by atoms with van der Waals surface area (Å²) in [4.78, 5) is 11.2. The van der Waals surface area contributed by atoms with Crippen molar-refractivity contribution in [2.75, 3.05) is 19.6 Å². The summed E-state index contributed by atoms with van der Waals surface area (Å²) in [5.41, 5.74) is 23.2. The highest BCUT2D eigenvalue weighted by atomic mass is 32.2. The monoisotopic (exact) mass is 1130 g/mol. The summed E-state index contributed by atoms with van der Waals surface area (Å²) in [6.45, 7) is -0.106. The smallest absolute Gasteiger partial charge is 0.255 e. The summed E-state index contributed by atoms with van der Waals surface area (Å²) in [6, 6.07) is 109. The minimum Gasteiger partial charge on any atom is -0.458 e. The Morgan fingerprint density at radius 3 is 1.55 bits per heavy atom. The van der Waals surface area contributed by atoms with Gasteiger partial charge in [0, 0.05) is 89.6 Å². The first-order valence-electron chi connectivity index (χ1n) is 30.1. The molecule has 0 bridgehead atoms. The number of anilines is 11. The molecule has 13 aromatic rings. The molecule has 5 heterocycles. The average Bonchev–Trinajstić information content (AvgIpc) is 1.09. The van der Waals surface area contributed by atoms with Crippen LogP contribution < -0.4 is 46.2 Å². The number of ether oxygens (including phenoxy) is 1. The molecule has 0 N–H and O–H groups in total. The lowest BCUT2D eigenvalue weighted by Gasteiger charge is -2.49. The molecule has 5 aliphatic rings. The van der Waals surface area contributed by atoms with Gasteiger partial charge in [-0.15, -0.1) is 11.8 Å². The van der Waals surface area contributed by atoms with E-state index in [1.54, 1.807) is 0 Å². The molecule has 9 heteroatoms. The first-order valence-corrected chi connectivity index (χ1v) is 30.9. The molecule has 12 aromatic carbocycles. The Morgan fingerprint density at radius 1 is 0.379 bits per heavy atom. The molecule has 4 aliphatic heterocycles. The fourth-order valence-corrected chi connectivity index (χ4v) is 16.3. The standard InChI is InChI=1S/C78H53B2N5OS/c1-7-26-52(27-8-1)81(53-28-9-2-10-29-53)58-46-70-77-73(48-58)86-72-45-24-21-40-62(72)80(77)63-50-64-74(51-69(63)85(70)68-44-25-43-67-76(68)60-38-19-22-41-65(60)83(67)56-34-15-5-16-35-56)87-75-49-59(82(54-30-11-3-12-31-54)55-32-13-4-14-33-55)47-71-78(75)79(64)61-39-20-23-42-66(61)84(71)57-36-17-6-18-37-57/h1-51,64,74H. The molecule has 0 fully saturated rings. The summed E-state index contributed by atoms with van der Waals surface area (Å²) in [7, 11) is 0. The fraction of sp³-hybridized carbons (Fsp3) is 0.0256. The lowest BCUT2D eigenvalue weighted by atomic mass is 9.28. The molecule has 0 saturated heterocycles. The zero-order valence-corrected chi connectivity index (χ0v) is 48.1. The van der Waals surface area contributed by atoms with Crippen molar-refractivity contribution < 1.29 is 4.74 Å². The topological polar surface area (TPSA) is 27.1 Å². The number of para-hydroxylation sites is 9. The van der Waals surface area contributed by atoms with Crippen LogP contribution in [0, 0.1) is 0 Å². The van der Waals surface area contributed by atoms with E-state index in [2.05, 4.69) is 334 Å². The van der Waals surface area contributed by atoms with Gasteiger partial charge in [-0.05, 0) is 161 Å². The number of rotatable bonds is 9. The van der Waals surface area contributed by atoms with Crippen molar-refractivity contribution in [1.29, 1.82) is 0 Å². The van der Waals surface area contributed by atoms with E-state index in [4.69, 9.17) is 4.74 Å². The van der Waals surface area contributed by atoms with Crippen molar-refractivity contribution in [1.82, 2.24) is 4.57 Å². The lowest BCUT2D eigenvalue weighted by molar-refractivity contribution is 0.487. The van der Waals surface area contributed by atoms with Gasteiger partial charge < -0.3 is 28.9 Å². The molecule has 408 valence electrons. The molecule has 0 amide bonds. The van der Waals surface area contributed by atoms with Crippen LogP contribution >= 0.6 is 11.8 Å². The van der Waals surface area contributed by atoms with Gasteiger partial charge in [0.05, 0.1) is 22.4 Å². The second kappa shape index (κ2) is 20.0. The molecule has 1 aliphatic carbocycles. The molecular weight excluding hydrogens is 1080 g/mol. The Hall–Kier alpha value is -10.6. The molecule has 6 nitrogen and oxygen atoms in total. The van der Waals surface area contributed by atoms with Gasteiger partial charge in [0.25, 0.3) is 6.71 Å². The highest BCUT2D eigenvalue weighted by Gasteiger charge is 2.52. The van der Waals surface area contributed by atoms with E-state index in [-0.39, 0.29) is 24.5 Å². The van der Waals surface area contributed by atoms with E-state index >= 15 is 0 Å². The molecule has 87 heavy (non-hydrogen) atoms. The van der Waals surface area contributed by atoms with Crippen molar-refractivity contribution in [3.8, 4) is 17.2 Å². The Kier molecular flexibility index (Phi) is 11.5. The summed E-state index contributed by atoms with van der Waals surface area (Å²) in [5.74, 6) is 1.82. The third-order valence-electron chi connectivity index (χ3n) is 18.3. The van der Waals surface area contributed by atoms with Crippen LogP contribution in [0.25, 0.3) is 27.5 Å². The van der Waals surface area contributed by atoms with E-state index in [0.717, 1.165) is 79.4 Å². The van der Waals surface area contributed by atoms with Crippen LogP contribution in [0.3, 0.4) is 0 Å². The maximum atomic E-state index is 7.37. The van der Waals surface area contributed by atoms with Gasteiger partial charge >= 0.3 is 0 Å². The van der Waals surface area contributed by atoms with E-state index in [0.29, 0.717) is 0 Å². The normalized spacial score (nSPS) is 15.7. The Balaban J connectivity index is 0.927. The van der Waals surface area contributed by atoms with Crippen molar-refractivity contribution >= 4 is 131 Å². The highest BCUT2D eigenvalue weighted by molar-refractivity contribution is 8.00. The summed E-state index contributed by atoms with van der Waals surface area (Å²) in [5, 5.41) is 2.41. The van der Waals surface area contributed by atoms with E-state index in [9.17, 15) is 0 Å². The minimum atomic E-state index is -0.137. The quantitative estimate of drug-likeness (QED) is 0.134. The van der Waals surface area contributed by atoms with Crippen LogP contribution in [0.1, 0.15) is 0 Å². The number of hydrogen-bond acceptors (Lipinski definition) is 6. The average molecular weight is 1130 g/mol. The first-order chi connectivity index (χ1) is 43.2. The Bertz CT molecular complexity index is 4850. The number of fused-ring (bicyclic) bond motifs is 11. The van der Waals surface area contributed by atoms with Crippen LogP contribution in [-0.2, 0) is 0 Å². The number of aromatic nitrogens is 1. The molecule has 1 aromatic heterocycles. The van der Waals surface area contributed by atoms with Crippen LogP contribution in [0.4, 0.5) is 62.6 Å². The zero-order valence-electron chi connectivity index (χ0n) is 47.3. The molecule has 0 radical (unpaired) electrons. The van der Waals surface area contributed by atoms with E-state index in [1.165, 1.54) is 60.1 Å². The van der Waals surface area contributed by atoms with Gasteiger partial charge in [0.15, 0.2) is 0 Å². The second-order valence-electron chi connectivity index (χ2n) is 23.1. The third-order valence-corrected chi connectivity index (χ3v) is 19.7.